The van der Waals surface area contributed by atoms with E-state index < -0.39 is 40.4 Å². The average molecular weight is 504 g/mol. The van der Waals surface area contributed by atoms with E-state index in [1.807, 2.05) is 27.7 Å². The van der Waals surface area contributed by atoms with Crippen molar-refractivity contribution in [3.63, 3.8) is 0 Å². The van der Waals surface area contributed by atoms with Crippen LogP contribution < -0.4 is 10.3 Å². The highest BCUT2D eigenvalue weighted by molar-refractivity contribution is 6.11. The Labute approximate surface area is 204 Å². The minimum absolute atomic E-state index is 0.00667. The number of fused-ring (bicyclic) bond motifs is 2. The number of anilines is 1. The molecular weight excluding hydrogens is 480 g/mol. The number of nitrogens with zero attached hydrogens (tertiary/aromatic N) is 2. The zero-order valence-corrected chi connectivity index (χ0v) is 20.0. The fourth-order valence-corrected chi connectivity index (χ4v) is 4.03. The van der Waals surface area contributed by atoms with Crippen molar-refractivity contribution in [1.82, 2.24) is 4.57 Å². The summed E-state index contributed by atoms with van der Waals surface area (Å²) in [6, 6.07) is 3.60. The number of aldehydes is 2. The summed E-state index contributed by atoms with van der Waals surface area (Å²) in [6.07, 6.45) is 2.34. The molecule has 1 atom stereocenters. The van der Waals surface area contributed by atoms with E-state index in [-0.39, 0.29) is 40.7 Å². The monoisotopic (exact) mass is 504 g/mol. The maximum absolute atomic E-state index is 13.3. The van der Waals surface area contributed by atoms with Crippen LogP contribution in [0.4, 0.5) is 23.2 Å². The molecule has 6 nitrogen and oxygen atoms in total. The molecule has 0 amide bonds. The molecule has 1 unspecified atom stereocenters. The molecule has 3 aromatic rings. The molecule has 0 saturated heterocycles. The largest absolute Gasteiger partial charge is 0.367 e. The average Bonchev–Trinajstić information content (AvgIpc) is 2.82. The van der Waals surface area contributed by atoms with Crippen LogP contribution in [-0.4, -0.2) is 35.5 Å². The van der Waals surface area contributed by atoms with Crippen molar-refractivity contribution >= 4 is 34.9 Å². The predicted octanol–water partition coefficient (Wildman–Crippen LogP) is 4.86. The molecule has 2 aromatic carbocycles. The third kappa shape index (κ3) is 4.93. The zero-order chi connectivity index (χ0) is 26.9. The molecule has 1 aromatic heterocycles. The second-order valence-corrected chi connectivity index (χ2v) is 8.95. The minimum Gasteiger partial charge on any atom is -0.367 e. The lowest BCUT2D eigenvalue weighted by molar-refractivity contribution is -0.109. The maximum Gasteiger partial charge on any atom is 0.199 e. The zero-order valence-electron chi connectivity index (χ0n) is 20.0. The molecule has 4 rings (SSSR count). The fraction of sp³-hybridized carbons (Fsp3) is 0.308. The quantitative estimate of drug-likeness (QED) is 0.288. The Hall–Kier alpha value is -3.82. The molecule has 0 saturated carbocycles. The molecule has 1 aliphatic rings. The first-order valence-corrected chi connectivity index (χ1v) is 11.2. The number of ketones is 1. The van der Waals surface area contributed by atoms with E-state index in [1.165, 1.54) is 6.20 Å². The van der Waals surface area contributed by atoms with E-state index >= 15 is 0 Å². The van der Waals surface area contributed by atoms with Crippen LogP contribution in [0.5, 0.6) is 0 Å². The lowest BCUT2D eigenvalue weighted by atomic mass is 9.91. The molecule has 0 radical (unpaired) electrons. The first-order chi connectivity index (χ1) is 16.9. The Morgan fingerprint density at radius 3 is 2.00 bits per heavy atom. The summed E-state index contributed by atoms with van der Waals surface area (Å²) in [5, 5.41) is 0.00667. The van der Waals surface area contributed by atoms with Crippen LogP contribution >= 0.6 is 0 Å². The number of hydrogen-bond acceptors (Lipinski definition) is 5. The van der Waals surface area contributed by atoms with Gasteiger partial charge in [-0.25, -0.2) is 17.6 Å². The number of rotatable bonds is 4. The second kappa shape index (κ2) is 10.4. The van der Waals surface area contributed by atoms with Gasteiger partial charge in [-0.15, -0.1) is 0 Å². The SMILES string of the molecule is CC(C)N1CC(C=O)C(=O)c2cc(F)c(F)cc21.CC(C)n1cc(C=O)c(=O)c2cc(F)c(F)cc21. The number of Topliss-reactive ketones (excluding diaryl/α,β-unsaturated/α-hetero) is 1. The maximum atomic E-state index is 13.3. The Bertz CT molecular complexity index is 1420. The van der Waals surface area contributed by atoms with Crippen molar-refractivity contribution in [3.8, 4) is 0 Å². The molecule has 0 aliphatic carbocycles. The van der Waals surface area contributed by atoms with E-state index in [4.69, 9.17) is 0 Å². The van der Waals surface area contributed by atoms with Gasteiger partial charge in [-0.3, -0.25) is 14.4 Å². The molecule has 0 fully saturated rings. The Kier molecular flexibility index (Phi) is 7.76. The second-order valence-electron chi connectivity index (χ2n) is 8.95. The number of carbonyl (C=O) groups excluding carboxylic acids is 3. The summed E-state index contributed by atoms with van der Waals surface area (Å²) < 4.78 is 54.5. The van der Waals surface area contributed by atoms with E-state index in [0.717, 1.165) is 24.3 Å². The standard InChI is InChI=1S/C13H13F2NO2.C13H11F2NO2/c2*1-7(2)16-5-8(6-17)13(18)9-3-10(14)11(15)4-12(9)16/h3-4,6-8H,5H2,1-2H3;3-7H,1-2H3. The summed E-state index contributed by atoms with van der Waals surface area (Å²) in [7, 11) is 0. The van der Waals surface area contributed by atoms with Crippen LogP contribution in [0.1, 0.15) is 54.5 Å². The molecule has 2 heterocycles. The number of benzene rings is 2. The van der Waals surface area contributed by atoms with Crippen molar-refractivity contribution in [2.45, 2.75) is 39.8 Å². The molecular formula is C26H24F4N2O4. The van der Waals surface area contributed by atoms with Gasteiger partial charge in [0.1, 0.15) is 6.29 Å². The molecule has 0 spiro atoms. The van der Waals surface area contributed by atoms with Crippen LogP contribution in [0.15, 0.2) is 35.3 Å². The van der Waals surface area contributed by atoms with Gasteiger partial charge in [0.2, 0.25) is 0 Å². The summed E-state index contributed by atoms with van der Waals surface area (Å²) in [5.74, 6) is -5.44. The lowest BCUT2D eigenvalue weighted by Crippen LogP contribution is -2.43. The van der Waals surface area contributed by atoms with E-state index in [9.17, 15) is 36.7 Å². The summed E-state index contributed by atoms with van der Waals surface area (Å²) in [4.78, 5) is 47.2. The van der Waals surface area contributed by atoms with Gasteiger partial charge in [0, 0.05) is 47.9 Å². The van der Waals surface area contributed by atoms with Gasteiger partial charge in [0.15, 0.2) is 40.8 Å². The van der Waals surface area contributed by atoms with Crippen molar-refractivity contribution in [2.75, 3.05) is 11.4 Å². The number of hydrogen-bond donors (Lipinski definition) is 0. The molecule has 36 heavy (non-hydrogen) atoms. The lowest BCUT2D eigenvalue weighted by Gasteiger charge is -2.36. The highest BCUT2D eigenvalue weighted by Crippen LogP contribution is 2.32. The highest BCUT2D eigenvalue weighted by Gasteiger charge is 2.34. The Balaban J connectivity index is 0.000000201. The van der Waals surface area contributed by atoms with Gasteiger partial charge in [-0.05, 0) is 39.8 Å². The highest BCUT2D eigenvalue weighted by atomic mass is 19.2. The third-order valence-electron chi connectivity index (χ3n) is 5.92. The van der Waals surface area contributed by atoms with Crippen molar-refractivity contribution in [1.29, 1.82) is 0 Å². The van der Waals surface area contributed by atoms with Gasteiger partial charge in [0.05, 0.1) is 22.7 Å². The van der Waals surface area contributed by atoms with Gasteiger partial charge in [-0.1, -0.05) is 0 Å². The van der Waals surface area contributed by atoms with Crippen LogP contribution in [0, 0.1) is 29.2 Å². The predicted molar refractivity (Wildman–Crippen MR) is 127 cm³/mol. The molecule has 0 N–H and O–H groups in total. The number of carbonyl (C=O) groups is 3. The summed E-state index contributed by atoms with van der Waals surface area (Å²) in [6.45, 7) is 7.57. The molecule has 1 aliphatic heterocycles. The molecule has 190 valence electrons. The fourth-order valence-electron chi connectivity index (χ4n) is 4.03. The van der Waals surface area contributed by atoms with Crippen LogP contribution in [0.2, 0.25) is 0 Å². The Morgan fingerprint density at radius 1 is 0.861 bits per heavy atom. The normalized spacial score (nSPS) is 15.1. The summed E-state index contributed by atoms with van der Waals surface area (Å²) in [5.41, 5.74) is 0.0514. The van der Waals surface area contributed by atoms with Gasteiger partial charge < -0.3 is 14.3 Å². The first-order valence-electron chi connectivity index (χ1n) is 11.2. The molecule has 0 bridgehead atoms. The van der Waals surface area contributed by atoms with Crippen LogP contribution in [0.3, 0.4) is 0 Å². The van der Waals surface area contributed by atoms with Gasteiger partial charge in [-0.2, -0.15) is 0 Å². The first kappa shape index (κ1) is 26.8. The van der Waals surface area contributed by atoms with Crippen LogP contribution in [-0.2, 0) is 4.79 Å². The van der Waals surface area contributed by atoms with Gasteiger partial charge >= 0.3 is 0 Å². The number of aromatic nitrogens is 1. The minimum atomic E-state index is -1.10. The van der Waals surface area contributed by atoms with Gasteiger partial charge in [0.25, 0.3) is 0 Å². The van der Waals surface area contributed by atoms with Crippen molar-refractivity contribution in [3.05, 3.63) is 75.1 Å². The van der Waals surface area contributed by atoms with E-state index in [1.54, 1.807) is 9.47 Å². The summed E-state index contributed by atoms with van der Waals surface area (Å²) >= 11 is 0. The number of pyridine rings is 1. The molecule has 10 heteroatoms. The Morgan fingerprint density at radius 2 is 1.44 bits per heavy atom. The van der Waals surface area contributed by atoms with E-state index in [2.05, 4.69) is 0 Å². The third-order valence-corrected chi connectivity index (χ3v) is 5.92. The van der Waals surface area contributed by atoms with Crippen LogP contribution in [0.25, 0.3) is 10.9 Å². The van der Waals surface area contributed by atoms with Crippen molar-refractivity contribution < 1.29 is 31.9 Å². The number of halogens is 4. The van der Waals surface area contributed by atoms with E-state index in [0.29, 0.717) is 18.3 Å². The smallest absolute Gasteiger partial charge is 0.199 e. The topological polar surface area (TPSA) is 76.5 Å². The van der Waals surface area contributed by atoms with Crippen molar-refractivity contribution in [2.24, 2.45) is 5.92 Å².